The largest absolute Gasteiger partial charge is 0.341 e. The van der Waals surface area contributed by atoms with Gasteiger partial charge in [-0.15, -0.1) is 0 Å². The van der Waals surface area contributed by atoms with Crippen LogP contribution in [-0.2, 0) is 6.17 Å². The van der Waals surface area contributed by atoms with Gasteiger partial charge >= 0.3 is 0 Å². The van der Waals surface area contributed by atoms with Gasteiger partial charge in [0.25, 0.3) is 0 Å². The summed E-state index contributed by atoms with van der Waals surface area (Å²) in [5.41, 5.74) is 0. The summed E-state index contributed by atoms with van der Waals surface area (Å²) in [6.07, 6.45) is 6.22. The van der Waals surface area contributed by atoms with E-state index in [9.17, 15) is 0 Å². The molecule has 2 nitrogen and oxygen atoms in total. The molecule has 35 valence electrons. The second-order valence-corrected chi connectivity index (χ2v) is 1.55. The van der Waals surface area contributed by atoms with Gasteiger partial charge in [-0.25, -0.2) is 4.98 Å². The van der Waals surface area contributed by atoms with E-state index in [1.807, 2.05) is 10.8 Å². The van der Waals surface area contributed by atoms with E-state index in [0.29, 0.717) is 0 Å². The van der Waals surface area contributed by atoms with Gasteiger partial charge in [0.05, 0.1) is 16.6 Å². The molecule has 1 aromatic rings. The Labute approximate surface area is 45.6 Å². The number of aromatic nitrogens is 2. The van der Waals surface area contributed by atoms with Crippen molar-refractivity contribution in [1.29, 1.82) is 0 Å². The number of rotatable bonds is 1. The predicted octanol–water partition coefficient (Wildman–Crippen LogP) is 0.00910. The Kier molecular flexibility index (Phi) is 1.26. The highest BCUT2D eigenvalue weighted by Gasteiger charge is 1.77. The van der Waals surface area contributed by atoms with E-state index >= 15 is 0 Å². The van der Waals surface area contributed by atoms with E-state index in [1.165, 1.54) is 0 Å². The van der Waals surface area contributed by atoms with Gasteiger partial charge < -0.3 is 4.57 Å². The smallest absolute Gasteiger partial charge is 0.0942 e. The summed E-state index contributed by atoms with van der Waals surface area (Å²) in [5, 5.41) is 0. The molecule has 7 heavy (non-hydrogen) atoms. The third-order valence-corrected chi connectivity index (χ3v) is 1.11. The maximum atomic E-state index is 3.82. The van der Waals surface area contributed by atoms with Crippen LogP contribution in [0, 0.1) is 0 Å². The number of nitrogens with zero attached hydrogens (tertiary/aromatic N) is 2. The molecule has 0 fully saturated rings. The minimum absolute atomic E-state index is 0.819. The first kappa shape index (κ1) is 4.58. The molecule has 0 bridgehead atoms. The molecule has 0 spiro atoms. The zero-order valence-corrected chi connectivity index (χ0v) is 4.83. The molecule has 0 aliphatic carbocycles. The van der Waals surface area contributed by atoms with Crippen molar-refractivity contribution >= 4 is 10.2 Å². The van der Waals surface area contributed by atoms with Gasteiger partial charge in [-0.3, -0.25) is 0 Å². The van der Waals surface area contributed by atoms with Crippen molar-refractivity contribution in [2.24, 2.45) is 0 Å². The predicted molar refractivity (Wildman–Crippen MR) is 28.0 cm³/mol. The molecule has 0 saturated heterocycles. The summed E-state index contributed by atoms with van der Waals surface area (Å²) < 4.78 is 1.93. The lowest BCUT2D eigenvalue weighted by atomic mass is 10.9. The van der Waals surface area contributed by atoms with Crippen molar-refractivity contribution in [3.63, 3.8) is 0 Å². The van der Waals surface area contributed by atoms with Gasteiger partial charge in [-0.05, 0) is 0 Å². The van der Waals surface area contributed by atoms with Crippen molar-refractivity contribution in [2.75, 3.05) is 0 Å². The molecule has 0 aliphatic heterocycles. The summed E-state index contributed by atoms with van der Waals surface area (Å²) in [7, 11) is 3.30. The van der Waals surface area contributed by atoms with Gasteiger partial charge in [-0.1, -0.05) is 0 Å². The quantitative estimate of drug-likeness (QED) is 0.464. The third-order valence-electron chi connectivity index (χ3n) is 0.742. The average Bonchev–Trinajstić information content (AvgIpc) is 2.14. The van der Waals surface area contributed by atoms with E-state index in [0.717, 1.165) is 6.17 Å². The molecule has 1 rings (SSSR count). The van der Waals surface area contributed by atoms with Crippen molar-refractivity contribution in [3.05, 3.63) is 18.7 Å². The highest BCUT2D eigenvalue weighted by Crippen LogP contribution is 1.78. The number of hydrogen-bond acceptors (Lipinski definition) is 1. The molecule has 0 aliphatic rings. The van der Waals surface area contributed by atoms with Crippen LogP contribution in [0.5, 0.6) is 0 Å². The van der Waals surface area contributed by atoms with Gasteiger partial charge in [0, 0.05) is 18.6 Å². The first-order chi connectivity index (χ1) is 3.43. The first-order valence-electron chi connectivity index (χ1n) is 2.04. The van der Waals surface area contributed by atoms with Crippen LogP contribution in [0.15, 0.2) is 18.7 Å². The summed E-state index contributed by atoms with van der Waals surface area (Å²) in [6, 6.07) is 0. The standard InChI is InChI=1S/C4H5N2Si/c7-4-6-2-1-5-3-6/h1-3H,4H2. The van der Waals surface area contributed by atoms with Crippen LogP contribution in [0.4, 0.5) is 0 Å². The first-order valence-corrected chi connectivity index (χ1v) is 2.74. The van der Waals surface area contributed by atoms with Crippen LogP contribution in [0.2, 0.25) is 0 Å². The lowest BCUT2D eigenvalue weighted by Gasteiger charge is -1.87. The summed E-state index contributed by atoms with van der Waals surface area (Å²) in [5.74, 6) is 0. The fourth-order valence-corrected chi connectivity index (χ4v) is 0.567. The Bertz CT molecular complexity index is 124. The fraction of sp³-hybridized carbons (Fsp3) is 0.250. The Balaban J connectivity index is 2.76. The lowest BCUT2D eigenvalue weighted by molar-refractivity contribution is 0.880. The molecular weight excluding hydrogens is 104 g/mol. The van der Waals surface area contributed by atoms with E-state index < -0.39 is 0 Å². The van der Waals surface area contributed by atoms with Crippen molar-refractivity contribution in [2.45, 2.75) is 6.17 Å². The van der Waals surface area contributed by atoms with Crippen LogP contribution in [0.1, 0.15) is 0 Å². The molecule has 3 radical (unpaired) electrons. The Morgan fingerprint density at radius 3 is 2.86 bits per heavy atom. The molecule has 0 amide bonds. The molecule has 0 aromatic carbocycles. The maximum Gasteiger partial charge on any atom is 0.0942 e. The summed E-state index contributed by atoms with van der Waals surface area (Å²) >= 11 is 0. The van der Waals surface area contributed by atoms with Crippen molar-refractivity contribution < 1.29 is 0 Å². The summed E-state index contributed by atoms with van der Waals surface area (Å²) in [4.78, 5) is 3.82. The maximum absolute atomic E-state index is 3.82. The normalized spacial score (nSPS) is 9.29. The lowest BCUT2D eigenvalue weighted by Crippen LogP contribution is -1.90. The van der Waals surface area contributed by atoms with Gasteiger partial charge in [0.2, 0.25) is 0 Å². The van der Waals surface area contributed by atoms with Crippen molar-refractivity contribution in [1.82, 2.24) is 9.55 Å². The third kappa shape index (κ3) is 0.897. The highest BCUT2D eigenvalue weighted by atomic mass is 28.1. The zero-order valence-electron chi connectivity index (χ0n) is 3.83. The summed E-state index contributed by atoms with van der Waals surface area (Å²) in [6.45, 7) is 0. The Hall–Kier alpha value is -0.573. The molecule has 0 N–H and O–H groups in total. The second-order valence-electron chi connectivity index (χ2n) is 1.24. The van der Waals surface area contributed by atoms with Gasteiger partial charge in [-0.2, -0.15) is 0 Å². The number of hydrogen-bond donors (Lipinski definition) is 0. The monoisotopic (exact) mass is 109 g/mol. The minimum atomic E-state index is 0.819. The van der Waals surface area contributed by atoms with Crippen LogP contribution in [0.25, 0.3) is 0 Å². The SMILES string of the molecule is [Si]Cn1ccnc1. The fourth-order valence-electron chi connectivity index (χ4n) is 0.380. The minimum Gasteiger partial charge on any atom is -0.341 e. The van der Waals surface area contributed by atoms with Gasteiger partial charge in [0.1, 0.15) is 0 Å². The zero-order chi connectivity index (χ0) is 5.11. The van der Waals surface area contributed by atoms with Crippen molar-refractivity contribution in [3.8, 4) is 0 Å². The average molecular weight is 109 g/mol. The van der Waals surface area contributed by atoms with Gasteiger partial charge in [0.15, 0.2) is 0 Å². The molecule has 1 heterocycles. The van der Waals surface area contributed by atoms with E-state index in [-0.39, 0.29) is 0 Å². The second kappa shape index (κ2) is 1.93. The molecule has 0 saturated carbocycles. The molecule has 0 atom stereocenters. The van der Waals surface area contributed by atoms with Crippen LogP contribution >= 0.6 is 0 Å². The molecule has 0 unspecified atom stereocenters. The van der Waals surface area contributed by atoms with E-state index in [4.69, 9.17) is 0 Å². The number of imidazole rings is 1. The molecule has 3 heteroatoms. The van der Waals surface area contributed by atoms with E-state index in [2.05, 4.69) is 15.2 Å². The van der Waals surface area contributed by atoms with Crippen LogP contribution < -0.4 is 0 Å². The van der Waals surface area contributed by atoms with Crippen LogP contribution in [-0.4, -0.2) is 19.8 Å². The molecule has 1 aromatic heterocycles. The molecular formula is C4H5N2Si. The Morgan fingerprint density at radius 1 is 1.71 bits per heavy atom. The highest BCUT2D eigenvalue weighted by molar-refractivity contribution is 6.06. The van der Waals surface area contributed by atoms with Crippen LogP contribution in [0.3, 0.4) is 0 Å². The Morgan fingerprint density at radius 2 is 2.57 bits per heavy atom. The van der Waals surface area contributed by atoms with E-state index in [1.54, 1.807) is 12.5 Å². The topological polar surface area (TPSA) is 17.8 Å².